The Morgan fingerprint density at radius 3 is 2.76 bits per heavy atom. The third kappa shape index (κ3) is 4.26. The van der Waals surface area contributed by atoms with Crippen LogP contribution in [0.15, 0.2) is 0 Å². The molecule has 2 saturated heterocycles. The molecule has 6 nitrogen and oxygen atoms in total. The van der Waals surface area contributed by atoms with Crippen LogP contribution in [-0.4, -0.2) is 76.7 Å². The van der Waals surface area contributed by atoms with Gasteiger partial charge in [0.2, 0.25) is 0 Å². The van der Waals surface area contributed by atoms with E-state index in [1.165, 1.54) is 4.90 Å². The molecule has 0 aromatic heterocycles. The molecule has 0 bridgehead atoms. The lowest BCUT2D eigenvalue weighted by Gasteiger charge is -2.32. The molecule has 7 heteroatoms. The Morgan fingerprint density at radius 1 is 1.38 bits per heavy atom. The first-order valence-electron chi connectivity index (χ1n) is 7.58. The Morgan fingerprint density at radius 2 is 2.14 bits per heavy atom. The summed E-state index contributed by atoms with van der Waals surface area (Å²) in [6, 6.07) is -0.383. The number of hydrogen-bond donors (Lipinski definition) is 2. The lowest BCUT2D eigenvalue weighted by atomic mass is 10.1. The number of hydrogen-bond acceptors (Lipinski definition) is 4. The highest BCUT2D eigenvalue weighted by Gasteiger charge is 2.33. The minimum absolute atomic E-state index is 0.231. The average Bonchev–Trinajstić information content (AvgIpc) is 2.94. The molecule has 2 fully saturated rings. The first-order valence-corrected chi connectivity index (χ1v) is 8.73. The van der Waals surface area contributed by atoms with Gasteiger partial charge in [-0.15, -0.1) is 0 Å². The van der Waals surface area contributed by atoms with Gasteiger partial charge in [-0.25, -0.2) is 9.59 Å². The number of carbonyl (C=O) groups excluding carboxylic acids is 1. The van der Waals surface area contributed by atoms with Crippen molar-refractivity contribution in [2.24, 2.45) is 5.92 Å². The van der Waals surface area contributed by atoms with Crippen molar-refractivity contribution in [1.29, 1.82) is 0 Å². The molecule has 2 unspecified atom stereocenters. The van der Waals surface area contributed by atoms with E-state index in [0.717, 1.165) is 25.3 Å². The maximum Gasteiger partial charge on any atom is 0.327 e. The summed E-state index contributed by atoms with van der Waals surface area (Å²) in [7, 11) is 0. The number of thioether (sulfide) groups is 1. The van der Waals surface area contributed by atoms with E-state index in [1.54, 1.807) is 11.8 Å². The quantitative estimate of drug-likeness (QED) is 0.807. The molecule has 2 amide bonds. The van der Waals surface area contributed by atoms with Crippen LogP contribution in [0.25, 0.3) is 0 Å². The lowest BCUT2D eigenvalue weighted by molar-refractivity contribution is -0.141. The summed E-state index contributed by atoms with van der Waals surface area (Å²) in [5.74, 6) is 0.845. The van der Waals surface area contributed by atoms with Crippen molar-refractivity contribution in [3.63, 3.8) is 0 Å². The van der Waals surface area contributed by atoms with Crippen LogP contribution in [0.3, 0.4) is 0 Å². The topological polar surface area (TPSA) is 72.9 Å². The van der Waals surface area contributed by atoms with Crippen LogP contribution in [0.5, 0.6) is 0 Å². The SMILES string of the molecule is CC(C)N1CCC(CNC(=O)N2CCSCC2C(=O)O)C1. The second-order valence-electron chi connectivity index (χ2n) is 6.05. The summed E-state index contributed by atoms with van der Waals surface area (Å²) in [6.45, 7) is 7.61. The maximum atomic E-state index is 12.2. The van der Waals surface area contributed by atoms with Gasteiger partial charge in [-0.3, -0.25) is 0 Å². The second-order valence-corrected chi connectivity index (χ2v) is 7.20. The summed E-state index contributed by atoms with van der Waals surface area (Å²) < 4.78 is 0. The number of aliphatic carboxylic acids is 1. The van der Waals surface area contributed by atoms with Gasteiger partial charge in [0, 0.05) is 37.2 Å². The first kappa shape index (κ1) is 16.4. The molecular weight excluding hydrogens is 290 g/mol. The number of nitrogens with one attached hydrogen (secondary N) is 1. The van der Waals surface area contributed by atoms with Gasteiger partial charge in [0.05, 0.1) is 0 Å². The molecule has 0 spiro atoms. The minimum atomic E-state index is -0.913. The van der Waals surface area contributed by atoms with E-state index in [9.17, 15) is 14.7 Å². The molecule has 2 atom stereocenters. The third-order valence-corrected chi connectivity index (χ3v) is 5.29. The molecule has 2 heterocycles. The average molecular weight is 315 g/mol. The van der Waals surface area contributed by atoms with E-state index in [-0.39, 0.29) is 6.03 Å². The number of likely N-dealkylation sites (tertiary alicyclic amines) is 1. The normalized spacial score (nSPS) is 27.1. The van der Waals surface area contributed by atoms with Crippen molar-refractivity contribution < 1.29 is 14.7 Å². The molecule has 0 saturated carbocycles. The summed E-state index contributed by atoms with van der Waals surface area (Å²) in [4.78, 5) is 27.3. The number of carbonyl (C=O) groups is 2. The maximum absolute atomic E-state index is 12.2. The van der Waals surface area contributed by atoms with Gasteiger partial charge in [-0.05, 0) is 32.7 Å². The van der Waals surface area contributed by atoms with Crippen molar-refractivity contribution in [3.8, 4) is 0 Å². The van der Waals surface area contributed by atoms with Gasteiger partial charge in [0.1, 0.15) is 6.04 Å². The lowest BCUT2D eigenvalue weighted by Crippen LogP contribution is -2.54. The fraction of sp³-hybridized carbons (Fsp3) is 0.857. The van der Waals surface area contributed by atoms with E-state index >= 15 is 0 Å². The molecular formula is C14H25N3O3S. The van der Waals surface area contributed by atoms with Crippen LogP contribution in [0, 0.1) is 5.92 Å². The predicted molar refractivity (Wildman–Crippen MR) is 83.7 cm³/mol. The van der Waals surface area contributed by atoms with Crippen LogP contribution in [0.4, 0.5) is 4.79 Å². The summed E-state index contributed by atoms with van der Waals surface area (Å²) in [5.41, 5.74) is 0. The van der Waals surface area contributed by atoms with E-state index in [1.807, 2.05) is 0 Å². The van der Waals surface area contributed by atoms with Gasteiger partial charge in [0.25, 0.3) is 0 Å². The molecule has 0 aromatic carbocycles. The summed E-state index contributed by atoms with van der Waals surface area (Å²) in [6.07, 6.45) is 1.09. The zero-order valence-corrected chi connectivity index (χ0v) is 13.6. The van der Waals surface area contributed by atoms with Crippen molar-refractivity contribution >= 4 is 23.8 Å². The molecule has 21 heavy (non-hydrogen) atoms. The van der Waals surface area contributed by atoms with E-state index < -0.39 is 12.0 Å². The van der Waals surface area contributed by atoms with E-state index in [0.29, 0.717) is 30.8 Å². The monoisotopic (exact) mass is 315 g/mol. The highest BCUT2D eigenvalue weighted by Crippen LogP contribution is 2.19. The molecule has 2 aliphatic rings. The minimum Gasteiger partial charge on any atom is -0.480 e. The molecule has 120 valence electrons. The summed E-state index contributed by atoms with van der Waals surface area (Å²) in [5, 5.41) is 12.1. The second kappa shape index (κ2) is 7.35. The Hall–Kier alpha value is -0.950. The first-order chi connectivity index (χ1) is 9.99. The highest BCUT2D eigenvalue weighted by atomic mass is 32.2. The van der Waals surface area contributed by atoms with Gasteiger partial charge >= 0.3 is 12.0 Å². The third-order valence-electron chi connectivity index (χ3n) is 4.26. The van der Waals surface area contributed by atoms with Crippen molar-refractivity contribution in [3.05, 3.63) is 0 Å². The molecule has 2 aliphatic heterocycles. The molecule has 0 aliphatic carbocycles. The van der Waals surface area contributed by atoms with Crippen molar-refractivity contribution in [2.45, 2.75) is 32.4 Å². The summed E-state index contributed by atoms with van der Waals surface area (Å²) >= 11 is 1.59. The highest BCUT2D eigenvalue weighted by molar-refractivity contribution is 7.99. The van der Waals surface area contributed by atoms with Crippen molar-refractivity contribution in [2.75, 3.05) is 37.7 Å². The van der Waals surface area contributed by atoms with Crippen LogP contribution in [0.2, 0.25) is 0 Å². The number of carboxylic acid groups (broad SMARTS) is 1. The zero-order valence-electron chi connectivity index (χ0n) is 12.7. The van der Waals surface area contributed by atoms with Crippen LogP contribution >= 0.6 is 11.8 Å². The largest absolute Gasteiger partial charge is 0.480 e. The smallest absolute Gasteiger partial charge is 0.327 e. The number of nitrogens with zero attached hydrogens (tertiary/aromatic N) is 2. The van der Waals surface area contributed by atoms with E-state index in [4.69, 9.17) is 0 Å². The fourth-order valence-electron chi connectivity index (χ4n) is 2.88. The number of carboxylic acids is 1. The zero-order chi connectivity index (χ0) is 15.4. The Bertz CT molecular complexity index is 392. The Kier molecular flexibility index (Phi) is 5.75. The molecule has 2 rings (SSSR count). The molecule has 0 aromatic rings. The van der Waals surface area contributed by atoms with Gasteiger partial charge < -0.3 is 20.2 Å². The number of urea groups is 1. The standard InChI is InChI=1S/C14H25N3O3S/c1-10(2)16-4-3-11(8-16)7-15-14(20)17-5-6-21-9-12(17)13(18)19/h10-12H,3-9H2,1-2H3,(H,15,20)(H,18,19). The fourth-order valence-corrected chi connectivity index (χ4v) is 3.92. The Balaban J connectivity index is 1.80. The van der Waals surface area contributed by atoms with Gasteiger partial charge in [-0.1, -0.05) is 0 Å². The Labute approximate surface area is 130 Å². The number of rotatable bonds is 4. The molecule has 2 N–H and O–H groups in total. The molecule has 0 radical (unpaired) electrons. The van der Waals surface area contributed by atoms with Crippen LogP contribution < -0.4 is 5.32 Å². The van der Waals surface area contributed by atoms with Crippen LogP contribution in [-0.2, 0) is 4.79 Å². The van der Waals surface area contributed by atoms with Gasteiger partial charge in [0.15, 0.2) is 0 Å². The van der Waals surface area contributed by atoms with Gasteiger partial charge in [-0.2, -0.15) is 11.8 Å². The van der Waals surface area contributed by atoms with E-state index in [2.05, 4.69) is 24.1 Å². The van der Waals surface area contributed by atoms with Crippen LogP contribution in [0.1, 0.15) is 20.3 Å². The number of amides is 2. The van der Waals surface area contributed by atoms with Crippen molar-refractivity contribution in [1.82, 2.24) is 15.1 Å². The predicted octanol–water partition coefficient (Wildman–Crippen LogP) is 0.928.